The number of pyridine rings is 1. The van der Waals surface area contributed by atoms with Crippen molar-refractivity contribution < 1.29 is 13.9 Å². The lowest BCUT2D eigenvalue weighted by Gasteiger charge is -2.10. The van der Waals surface area contributed by atoms with Crippen LogP contribution in [0.1, 0.15) is 10.4 Å². The fourth-order valence-electron chi connectivity index (χ4n) is 2.84. The maximum atomic E-state index is 13.1. The molecule has 2 aromatic carbocycles. The third kappa shape index (κ3) is 4.23. The van der Waals surface area contributed by atoms with Gasteiger partial charge in [0.15, 0.2) is 16.8 Å². The van der Waals surface area contributed by atoms with Crippen LogP contribution in [0.2, 0.25) is 0 Å². The third-order valence-electron chi connectivity index (χ3n) is 4.36. The molecule has 0 spiro atoms. The van der Waals surface area contributed by atoms with E-state index in [2.05, 4.69) is 15.2 Å². The molecule has 0 saturated carbocycles. The maximum Gasteiger partial charge on any atom is 0.196 e. The van der Waals surface area contributed by atoms with E-state index in [-0.39, 0.29) is 17.4 Å². The molecule has 0 aliphatic carbocycles. The zero-order valence-electron chi connectivity index (χ0n) is 16.0. The van der Waals surface area contributed by atoms with Crippen molar-refractivity contribution in [2.45, 2.75) is 5.16 Å². The van der Waals surface area contributed by atoms with E-state index in [4.69, 9.17) is 4.74 Å². The summed E-state index contributed by atoms with van der Waals surface area (Å²) in [4.78, 5) is 16.9. The third-order valence-corrected chi connectivity index (χ3v) is 5.29. The van der Waals surface area contributed by atoms with Gasteiger partial charge in [-0.15, -0.1) is 10.2 Å². The van der Waals surface area contributed by atoms with E-state index in [1.165, 1.54) is 36.0 Å². The molecule has 0 unspecified atom stereocenters. The molecule has 0 radical (unpaired) electrons. The average Bonchev–Trinajstić information content (AvgIpc) is 3.22. The zero-order chi connectivity index (χ0) is 20.9. The van der Waals surface area contributed by atoms with Gasteiger partial charge in [0.25, 0.3) is 0 Å². The van der Waals surface area contributed by atoms with Crippen molar-refractivity contribution in [2.24, 2.45) is 0 Å². The highest BCUT2D eigenvalue weighted by atomic mass is 32.2. The van der Waals surface area contributed by atoms with Crippen molar-refractivity contribution in [1.82, 2.24) is 19.7 Å². The standard InChI is InChI=1S/C22H17FN4O2S/c1-29-18-11-9-17(10-12-18)27-21(19-4-2-3-13-24-19)25-26-22(27)30-14-20(28)15-5-7-16(23)8-6-15/h2-13H,14H2,1H3. The van der Waals surface area contributed by atoms with E-state index in [1.54, 1.807) is 13.3 Å². The number of thioether (sulfide) groups is 1. The van der Waals surface area contributed by atoms with Gasteiger partial charge < -0.3 is 4.74 Å². The highest BCUT2D eigenvalue weighted by Crippen LogP contribution is 2.28. The minimum Gasteiger partial charge on any atom is -0.497 e. The van der Waals surface area contributed by atoms with E-state index in [9.17, 15) is 9.18 Å². The summed E-state index contributed by atoms with van der Waals surface area (Å²) in [6, 6.07) is 18.5. The molecule has 0 amide bonds. The lowest BCUT2D eigenvalue weighted by molar-refractivity contribution is 0.102. The van der Waals surface area contributed by atoms with Crippen LogP contribution in [0.25, 0.3) is 17.2 Å². The molecule has 6 nitrogen and oxygen atoms in total. The van der Waals surface area contributed by atoms with Gasteiger partial charge in [-0.05, 0) is 60.7 Å². The molecule has 0 saturated heterocycles. The van der Waals surface area contributed by atoms with Gasteiger partial charge >= 0.3 is 0 Å². The summed E-state index contributed by atoms with van der Waals surface area (Å²) in [6.07, 6.45) is 1.69. The Bertz CT molecular complexity index is 1150. The lowest BCUT2D eigenvalue weighted by Crippen LogP contribution is -2.05. The van der Waals surface area contributed by atoms with Crippen LogP contribution in [0.3, 0.4) is 0 Å². The number of hydrogen-bond donors (Lipinski definition) is 0. The van der Waals surface area contributed by atoms with Crippen molar-refractivity contribution in [2.75, 3.05) is 12.9 Å². The number of methoxy groups -OCH3 is 1. The van der Waals surface area contributed by atoms with Crippen LogP contribution in [0.4, 0.5) is 4.39 Å². The number of aromatic nitrogens is 4. The summed E-state index contributed by atoms with van der Waals surface area (Å²) in [6.45, 7) is 0. The number of benzene rings is 2. The Morgan fingerprint density at radius 2 is 1.80 bits per heavy atom. The van der Waals surface area contributed by atoms with Crippen molar-refractivity contribution >= 4 is 17.5 Å². The van der Waals surface area contributed by atoms with Crippen molar-refractivity contribution in [3.05, 3.63) is 84.3 Å². The summed E-state index contributed by atoms with van der Waals surface area (Å²) in [5.74, 6) is 0.939. The van der Waals surface area contributed by atoms with Crippen molar-refractivity contribution in [3.63, 3.8) is 0 Å². The molecule has 0 aliphatic heterocycles. The largest absolute Gasteiger partial charge is 0.497 e. The van der Waals surface area contributed by atoms with Crippen LogP contribution in [-0.4, -0.2) is 38.4 Å². The fraction of sp³-hybridized carbons (Fsp3) is 0.0909. The highest BCUT2D eigenvalue weighted by Gasteiger charge is 2.18. The summed E-state index contributed by atoms with van der Waals surface area (Å²) in [5, 5.41) is 9.14. The van der Waals surface area contributed by atoms with E-state index in [0.29, 0.717) is 22.2 Å². The van der Waals surface area contributed by atoms with Crippen LogP contribution in [0, 0.1) is 5.82 Å². The first-order valence-corrected chi connectivity index (χ1v) is 10.1. The van der Waals surface area contributed by atoms with Gasteiger partial charge in [0, 0.05) is 11.8 Å². The quantitative estimate of drug-likeness (QED) is 0.325. The number of halogens is 1. The number of nitrogens with zero attached hydrogens (tertiary/aromatic N) is 4. The number of ketones is 1. The second-order valence-electron chi connectivity index (χ2n) is 6.27. The molecule has 30 heavy (non-hydrogen) atoms. The van der Waals surface area contributed by atoms with Crippen LogP contribution in [-0.2, 0) is 0 Å². The molecule has 0 aliphatic rings. The molecule has 0 bridgehead atoms. The van der Waals surface area contributed by atoms with Gasteiger partial charge in [-0.2, -0.15) is 0 Å². The molecule has 150 valence electrons. The number of ether oxygens (including phenoxy) is 1. The summed E-state index contributed by atoms with van der Waals surface area (Å²) in [5.41, 5.74) is 1.93. The average molecular weight is 420 g/mol. The predicted molar refractivity (Wildman–Crippen MR) is 113 cm³/mol. The Morgan fingerprint density at radius 1 is 1.03 bits per heavy atom. The second kappa shape index (κ2) is 8.87. The Kier molecular flexibility index (Phi) is 5.85. The van der Waals surface area contributed by atoms with E-state index in [0.717, 1.165) is 11.4 Å². The Morgan fingerprint density at radius 3 is 2.47 bits per heavy atom. The minimum atomic E-state index is -0.376. The van der Waals surface area contributed by atoms with Gasteiger partial charge in [-0.1, -0.05) is 17.8 Å². The molecule has 0 fully saturated rings. The van der Waals surface area contributed by atoms with Crippen LogP contribution < -0.4 is 4.74 Å². The first-order valence-electron chi connectivity index (χ1n) is 9.08. The number of hydrogen-bond acceptors (Lipinski definition) is 6. The molecule has 4 rings (SSSR count). The molecule has 0 N–H and O–H groups in total. The summed E-state index contributed by atoms with van der Waals surface area (Å²) >= 11 is 1.26. The van der Waals surface area contributed by atoms with Crippen molar-refractivity contribution in [1.29, 1.82) is 0 Å². The monoisotopic (exact) mass is 420 g/mol. The van der Waals surface area contributed by atoms with Gasteiger partial charge in [0.1, 0.15) is 17.3 Å². The first-order chi connectivity index (χ1) is 14.7. The van der Waals surface area contributed by atoms with Crippen molar-refractivity contribution in [3.8, 4) is 23.0 Å². The molecule has 2 aromatic heterocycles. The molecule has 4 aromatic rings. The fourth-order valence-corrected chi connectivity index (χ4v) is 3.68. The molecule has 2 heterocycles. The van der Waals surface area contributed by atoms with Gasteiger partial charge in [0.2, 0.25) is 0 Å². The zero-order valence-corrected chi connectivity index (χ0v) is 16.8. The van der Waals surface area contributed by atoms with Gasteiger partial charge in [-0.25, -0.2) is 4.39 Å². The Labute approximate surface area is 176 Å². The van der Waals surface area contributed by atoms with E-state index < -0.39 is 0 Å². The van der Waals surface area contributed by atoms with E-state index in [1.807, 2.05) is 47.0 Å². The number of rotatable bonds is 7. The summed E-state index contributed by atoms with van der Waals surface area (Å²) in [7, 11) is 1.61. The van der Waals surface area contributed by atoms with Gasteiger partial charge in [0.05, 0.1) is 18.6 Å². The topological polar surface area (TPSA) is 69.9 Å². The lowest BCUT2D eigenvalue weighted by atomic mass is 10.1. The highest BCUT2D eigenvalue weighted by molar-refractivity contribution is 7.99. The Balaban J connectivity index is 1.66. The minimum absolute atomic E-state index is 0.122. The Hall–Kier alpha value is -3.52. The second-order valence-corrected chi connectivity index (χ2v) is 7.22. The molecule has 0 atom stereocenters. The predicted octanol–water partition coefficient (Wildman–Crippen LogP) is 4.45. The summed E-state index contributed by atoms with van der Waals surface area (Å²) < 4.78 is 20.2. The smallest absolute Gasteiger partial charge is 0.196 e. The number of carbonyl (C=O) groups excluding carboxylic acids is 1. The van der Waals surface area contributed by atoms with E-state index >= 15 is 0 Å². The first kappa shape index (κ1) is 19.8. The normalized spacial score (nSPS) is 10.7. The maximum absolute atomic E-state index is 13.1. The van der Waals surface area contributed by atoms with Gasteiger partial charge in [-0.3, -0.25) is 14.3 Å². The van der Waals surface area contributed by atoms with Crippen LogP contribution in [0.15, 0.2) is 78.1 Å². The SMILES string of the molecule is COc1ccc(-n2c(SCC(=O)c3ccc(F)cc3)nnc2-c2ccccn2)cc1. The number of Topliss-reactive ketones (excluding diaryl/α,β-unsaturated/α-hetero) is 1. The molecular weight excluding hydrogens is 403 g/mol. The van der Waals surface area contributed by atoms with Crippen LogP contribution in [0.5, 0.6) is 5.75 Å². The molecular formula is C22H17FN4O2S. The van der Waals surface area contributed by atoms with Crippen LogP contribution >= 0.6 is 11.8 Å². The molecule has 8 heteroatoms. The number of carbonyl (C=O) groups is 1.